The van der Waals surface area contributed by atoms with Gasteiger partial charge in [-0.1, -0.05) is 26.0 Å². The van der Waals surface area contributed by atoms with Gasteiger partial charge in [-0.3, -0.25) is 0 Å². The van der Waals surface area contributed by atoms with Crippen molar-refractivity contribution in [3.63, 3.8) is 0 Å². The summed E-state index contributed by atoms with van der Waals surface area (Å²) in [5.41, 5.74) is 7.18. The predicted octanol–water partition coefficient (Wildman–Crippen LogP) is 2.99. The molecule has 2 nitrogen and oxygen atoms in total. The van der Waals surface area contributed by atoms with Crippen molar-refractivity contribution < 1.29 is 4.39 Å². The number of rotatable bonds is 4. The zero-order chi connectivity index (χ0) is 13.2. The highest BCUT2D eigenvalue weighted by Gasteiger charge is 2.31. The van der Waals surface area contributed by atoms with Gasteiger partial charge in [0.1, 0.15) is 5.82 Å². The van der Waals surface area contributed by atoms with Crippen LogP contribution in [0.2, 0.25) is 0 Å². The SMILES string of the molecule is CC1(C)CCC(NC(CN)c2cccc(F)c2)C1. The average Bonchev–Trinajstić information content (AvgIpc) is 2.65. The van der Waals surface area contributed by atoms with Gasteiger partial charge in [-0.05, 0) is 42.4 Å². The van der Waals surface area contributed by atoms with Gasteiger partial charge in [0, 0.05) is 18.6 Å². The quantitative estimate of drug-likeness (QED) is 0.862. The summed E-state index contributed by atoms with van der Waals surface area (Å²) in [4.78, 5) is 0. The first kappa shape index (κ1) is 13.5. The standard InChI is InChI=1S/C15H23FN2/c1-15(2)7-6-13(9-15)18-14(10-17)11-4-3-5-12(16)8-11/h3-5,8,13-14,18H,6-7,9-10,17H2,1-2H3. The van der Waals surface area contributed by atoms with Crippen LogP contribution in [0.5, 0.6) is 0 Å². The molecule has 0 aromatic heterocycles. The fourth-order valence-electron chi connectivity index (χ4n) is 2.89. The Kier molecular flexibility index (Phi) is 4.03. The number of nitrogens with two attached hydrogens (primary N) is 1. The Balaban J connectivity index is 2.02. The Bertz CT molecular complexity index is 403. The van der Waals surface area contributed by atoms with E-state index in [1.54, 1.807) is 12.1 Å². The van der Waals surface area contributed by atoms with Crippen LogP contribution in [-0.2, 0) is 0 Å². The number of benzene rings is 1. The summed E-state index contributed by atoms with van der Waals surface area (Å²) in [7, 11) is 0. The maximum Gasteiger partial charge on any atom is 0.123 e. The van der Waals surface area contributed by atoms with Crippen LogP contribution in [0.3, 0.4) is 0 Å². The summed E-state index contributed by atoms with van der Waals surface area (Å²) in [6.45, 7) is 5.10. The maximum atomic E-state index is 13.2. The molecule has 1 fully saturated rings. The first-order valence-corrected chi connectivity index (χ1v) is 6.72. The van der Waals surface area contributed by atoms with Crippen LogP contribution >= 0.6 is 0 Å². The Morgan fingerprint density at radius 1 is 1.50 bits per heavy atom. The minimum Gasteiger partial charge on any atom is -0.329 e. The van der Waals surface area contributed by atoms with E-state index in [0.717, 1.165) is 5.56 Å². The van der Waals surface area contributed by atoms with Crippen molar-refractivity contribution in [3.8, 4) is 0 Å². The molecule has 0 heterocycles. The van der Waals surface area contributed by atoms with E-state index in [2.05, 4.69) is 19.2 Å². The predicted molar refractivity (Wildman–Crippen MR) is 72.8 cm³/mol. The first-order valence-electron chi connectivity index (χ1n) is 6.72. The van der Waals surface area contributed by atoms with Gasteiger partial charge in [0.2, 0.25) is 0 Å². The zero-order valence-corrected chi connectivity index (χ0v) is 11.2. The van der Waals surface area contributed by atoms with Gasteiger partial charge in [0.25, 0.3) is 0 Å². The third-order valence-corrected chi connectivity index (χ3v) is 3.89. The molecule has 2 atom stereocenters. The van der Waals surface area contributed by atoms with Gasteiger partial charge < -0.3 is 11.1 Å². The van der Waals surface area contributed by atoms with E-state index in [0.29, 0.717) is 18.0 Å². The van der Waals surface area contributed by atoms with E-state index in [1.165, 1.54) is 25.3 Å². The molecule has 0 amide bonds. The van der Waals surface area contributed by atoms with Crippen molar-refractivity contribution >= 4 is 0 Å². The largest absolute Gasteiger partial charge is 0.329 e. The van der Waals surface area contributed by atoms with E-state index in [4.69, 9.17) is 5.73 Å². The van der Waals surface area contributed by atoms with E-state index in [9.17, 15) is 4.39 Å². The van der Waals surface area contributed by atoms with Gasteiger partial charge >= 0.3 is 0 Å². The van der Waals surface area contributed by atoms with Crippen molar-refractivity contribution in [1.29, 1.82) is 0 Å². The van der Waals surface area contributed by atoms with E-state index < -0.39 is 0 Å². The maximum absolute atomic E-state index is 13.2. The molecular weight excluding hydrogens is 227 g/mol. The molecule has 18 heavy (non-hydrogen) atoms. The molecule has 2 rings (SSSR count). The lowest BCUT2D eigenvalue weighted by Crippen LogP contribution is -2.35. The summed E-state index contributed by atoms with van der Waals surface area (Å²) in [5.74, 6) is -0.195. The zero-order valence-electron chi connectivity index (χ0n) is 11.2. The molecule has 0 bridgehead atoms. The van der Waals surface area contributed by atoms with Crippen molar-refractivity contribution in [2.45, 2.75) is 45.2 Å². The van der Waals surface area contributed by atoms with Crippen LogP contribution < -0.4 is 11.1 Å². The molecule has 0 spiro atoms. The summed E-state index contributed by atoms with van der Waals surface area (Å²) in [6.07, 6.45) is 3.59. The van der Waals surface area contributed by atoms with Crippen LogP contribution in [0.4, 0.5) is 4.39 Å². The van der Waals surface area contributed by atoms with Crippen LogP contribution in [-0.4, -0.2) is 12.6 Å². The monoisotopic (exact) mass is 250 g/mol. The second-order valence-corrected chi connectivity index (χ2v) is 6.11. The molecule has 3 N–H and O–H groups in total. The minimum atomic E-state index is -0.195. The fourth-order valence-corrected chi connectivity index (χ4v) is 2.89. The third kappa shape index (κ3) is 3.30. The topological polar surface area (TPSA) is 38.0 Å². The lowest BCUT2D eigenvalue weighted by molar-refractivity contribution is 0.353. The van der Waals surface area contributed by atoms with Crippen molar-refractivity contribution in [1.82, 2.24) is 5.32 Å². The molecule has 1 aromatic rings. The van der Waals surface area contributed by atoms with Crippen LogP contribution in [0.15, 0.2) is 24.3 Å². The van der Waals surface area contributed by atoms with E-state index in [1.807, 2.05) is 6.07 Å². The number of hydrogen-bond donors (Lipinski definition) is 2. The normalized spacial score (nSPS) is 24.1. The molecule has 3 heteroatoms. The Hall–Kier alpha value is -0.930. The van der Waals surface area contributed by atoms with E-state index >= 15 is 0 Å². The fraction of sp³-hybridized carbons (Fsp3) is 0.600. The highest BCUT2D eigenvalue weighted by Crippen LogP contribution is 2.37. The van der Waals surface area contributed by atoms with Crippen LogP contribution in [0, 0.1) is 11.2 Å². The molecule has 100 valence electrons. The molecule has 1 aliphatic carbocycles. The lowest BCUT2D eigenvalue weighted by Gasteiger charge is -2.23. The highest BCUT2D eigenvalue weighted by atomic mass is 19.1. The number of nitrogens with one attached hydrogen (secondary N) is 1. The summed E-state index contributed by atoms with van der Waals surface area (Å²) < 4.78 is 13.2. The lowest BCUT2D eigenvalue weighted by atomic mass is 9.91. The molecule has 0 radical (unpaired) electrons. The van der Waals surface area contributed by atoms with Gasteiger partial charge in [-0.25, -0.2) is 4.39 Å². The van der Waals surface area contributed by atoms with Crippen molar-refractivity contribution in [2.24, 2.45) is 11.1 Å². The van der Waals surface area contributed by atoms with E-state index in [-0.39, 0.29) is 11.9 Å². The van der Waals surface area contributed by atoms with Crippen LogP contribution in [0.25, 0.3) is 0 Å². The molecule has 2 unspecified atom stereocenters. The molecule has 1 aromatic carbocycles. The molecular formula is C15H23FN2. The molecule has 0 aliphatic heterocycles. The van der Waals surface area contributed by atoms with Gasteiger partial charge in [-0.2, -0.15) is 0 Å². The first-order chi connectivity index (χ1) is 8.50. The van der Waals surface area contributed by atoms with Crippen molar-refractivity contribution in [2.75, 3.05) is 6.54 Å². The highest BCUT2D eigenvalue weighted by molar-refractivity contribution is 5.20. The molecule has 1 aliphatic rings. The Morgan fingerprint density at radius 2 is 2.28 bits per heavy atom. The average molecular weight is 250 g/mol. The molecule has 1 saturated carbocycles. The van der Waals surface area contributed by atoms with Gasteiger partial charge in [0.05, 0.1) is 0 Å². The third-order valence-electron chi connectivity index (χ3n) is 3.89. The summed E-state index contributed by atoms with van der Waals surface area (Å²) in [6, 6.07) is 7.28. The molecule has 0 saturated heterocycles. The summed E-state index contributed by atoms with van der Waals surface area (Å²) >= 11 is 0. The van der Waals surface area contributed by atoms with Crippen molar-refractivity contribution in [3.05, 3.63) is 35.6 Å². The second kappa shape index (κ2) is 5.37. The smallest absolute Gasteiger partial charge is 0.123 e. The Labute approximate surface area is 109 Å². The number of hydrogen-bond acceptors (Lipinski definition) is 2. The Morgan fingerprint density at radius 3 is 2.83 bits per heavy atom. The minimum absolute atomic E-state index is 0.0552. The second-order valence-electron chi connectivity index (χ2n) is 6.11. The number of halogens is 1. The van der Waals surface area contributed by atoms with Gasteiger partial charge in [-0.15, -0.1) is 0 Å². The summed E-state index contributed by atoms with van der Waals surface area (Å²) in [5, 5.41) is 3.57. The van der Waals surface area contributed by atoms with Crippen LogP contribution in [0.1, 0.15) is 44.7 Å². The van der Waals surface area contributed by atoms with Gasteiger partial charge in [0.15, 0.2) is 0 Å².